The van der Waals surface area contributed by atoms with Gasteiger partial charge in [-0.2, -0.15) is 10.1 Å². The molecule has 0 saturated carbocycles. The minimum Gasteiger partial charge on any atom is -0.478 e. The van der Waals surface area contributed by atoms with Gasteiger partial charge in [-0.25, -0.2) is 9.18 Å². The zero-order valence-electron chi connectivity index (χ0n) is 12.7. The van der Waals surface area contributed by atoms with Crippen molar-refractivity contribution in [2.75, 3.05) is 5.01 Å². The molecule has 5 nitrogen and oxygen atoms in total. The highest BCUT2D eigenvalue weighted by molar-refractivity contribution is 6.32. The molecule has 1 amide bonds. The molecular weight excluding hydrogens is 311 g/mol. The number of carboxylic acid groups (broad SMARTS) is 1. The van der Waals surface area contributed by atoms with Gasteiger partial charge in [-0.3, -0.25) is 4.79 Å². The van der Waals surface area contributed by atoms with E-state index in [2.05, 4.69) is 5.10 Å². The summed E-state index contributed by atoms with van der Waals surface area (Å²) in [5.41, 5.74) is 2.03. The number of anilines is 1. The zero-order chi connectivity index (χ0) is 17.3. The molecule has 6 heteroatoms. The second kappa shape index (κ2) is 6.08. The highest BCUT2D eigenvalue weighted by Gasteiger charge is 2.28. The fourth-order valence-electron chi connectivity index (χ4n) is 2.37. The van der Waals surface area contributed by atoms with Crippen LogP contribution in [0.2, 0.25) is 0 Å². The Kier molecular flexibility index (Phi) is 3.95. The molecule has 2 aromatic rings. The number of hydrazone groups is 1. The van der Waals surface area contributed by atoms with Crippen molar-refractivity contribution < 1.29 is 19.1 Å². The fraction of sp³-hybridized carbons (Fsp3) is 0.0556. The monoisotopic (exact) mass is 324 g/mol. The van der Waals surface area contributed by atoms with Crippen molar-refractivity contribution in [3.05, 3.63) is 71.0 Å². The van der Waals surface area contributed by atoms with Crippen molar-refractivity contribution in [2.45, 2.75) is 6.92 Å². The van der Waals surface area contributed by atoms with Gasteiger partial charge in [-0.05, 0) is 55.0 Å². The number of halogens is 1. The van der Waals surface area contributed by atoms with Crippen LogP contribution in [0.25, 0.3) is 6.08 Å². The SMILES string of the molecule is CC1=NN(c2ccc(C(=O)O)cc2)C(=O)/C1=C/c1cccc(F)c1. The van der Waals surface area contributed by atoms with Crippen LogP contribution in [-0.2, 0) is 4.79 Å². The molecule has 1 aliphatic rings. The quantitative estimate of drug-likeness (QED) is 0.880. The number of carbonyl (C=O) groups excluding carboxylic acids is 1. The molecule has 0 aliphatic carbocycles. The van der Waals surface area contributed by atoms with Gasteiger partial charge in [0.1, 0.15) is 5.82 Å². The van der Waals surface area contributed by atoms with E-state index < -0.39 is 5.97 Å². The molecule has 0 aromatic heterocycles. The summed E-state index contributed by atoms with van der Waals surface area (Å²) >= 11 is 0. The predicted octanol–water partition coefficient (Wildman–Crippen LogP) is 3.33. The number of carboxylic acids is 1. The highest BCUT2D eigenvalue weighted by Crippen LogP contribution is 2.25. The molecule has 120 valence electrons. The Hall–Kier alpha value is -3.28. The van der Waals surface area contributed by atoms with Crippen LogP contribution in [-0.4, -0.2) is 22.7 Å². The smallest absolute Gasteiger partial charge is 0.335 e. The maximum absolute atomic E-state index is 13.3. The lowest BCUT2D eigenvalue weighted by atomic mass is 10.1. The lowest BCUT2D eigenvalue weighted by Crippen LogP contribution is -2.21. The van der Waals surface area contributed by atoms with E-state index in [9.17, 15) is 14.0 Å². The van der Waals surface area contributed by atoms with Gasteiger partial charge in [0.25, 0.3) is 5.91 Å². The minimum atomic E-state index is -1.04. The zero-order valence-corrected chi connectivity index (χ0v) is 12.7. The van der Waals surface area contributed by atoms with Crippen molar-refractivity contribution >= 4 is 29.4 Å². The number of nitrogens with zero attached hydrogens (tertiary/aromatic N) is 2. The van der Waals surface area contributed by atoms with Crippen LogP contribution < -0.4 is 5.01 Å². The topological polar surface area (TPSA) is 70.0 Å². The summed E-state index contributed by atoms with van der Waals surface area (Å²) < 4.78 is 13.3. The summed E-state index contributed by atoms with van der Waals surface area (Å²) in [5, 5.41) is 14.3. The van der Waals surface area contributed by atoms with E-state index in [-0.39, 0.29) is 17.3 Å². The van der Waals surface area contributed by atoms with Crippen molar-refractivity contribution in [2.24, 2.45) is 5.10 Å². The number of benzene rings is 2. The molecule has 0 saturated heterocycles. The Balaban J connectivity index is 1.91. The van der Waals surface area contributed by atoms with Crippen LogP contribution in [0.1, 0.15) is 22.8 Å². The summed E-state index contributed by atoms with van der Waals surface area (Å²) in [4.78, 5) is 23.4. The Morgan fingerprint density at radius 3 is 2.54 bits per heavy atom. The first-order chi connectivity index (χ1) is 11.5. The third-order valence-electron chi connectivity index (χ3n) is 3.58. The number of carbonyl (C=O) groups is 2. The van der Waals surface area contributed by atoms with Gasteiger partial charge in [0.2, 0.25) is 0 Å². The second-order valence-corrected chi connectivity index (χ2v) is 5.27. The maximum atomic E-state index is 13.3. The van der Waals surface area contributed by atoms with Gasteiger partial charge >= 0.3 is 5.97 Å². The molecule has 24 heavy (non-hydrogen) atoms. The van der Waals surface area contributed by atoms with Crippen LogP contribution in [0.5, 0.6) is 0 Å². The summed E-state index contributed by atoms with van der Waals surface area (Å²) in [6, 6.07) is 11.8. The molecular formula is C18H13FN2O3. The first kappa shape index (κ1) is 15.6. The van der Waals surface area contributed by atoms with E-state index in [0.29, 0.717) is 22.5 Å². The third-order valence-corrected chi connectivity index (χ3v) is 3.58. The molecule has 0 spiro atoms. The average Bonchev–Trinajstić information content (AvgIpc) is 2.83. The van der Waals surface area contributed by atoms with Gasteiger partial charge in [0, 0.05) is 0 Å². The Bertz CT molecular complexity index is 885. The average molecular weight is 324 g/mol. The molecule has 0 radical (unpaired) electrons. The van der Waals surface area contributed by atoms with E-state index in [1.807, 2.05) is 0 Å². The van der Waals surface area contributed by atoms with Gasteiger partial charge in [0.05, 0.1) is 22.5 Å². The number of hydrogen-bond acceptors (Lipinski definition) is 3. The van der Waals surface area contributed by atoms with E-state index in [1.165, 1.54) is 41.4 Å². The normalized spacial score (nSPS) is 15.8. The second-order valence-electron chi connectivity index (χ2n) is 5.27. The molecule has 1 heterocycles. The molecule has 0 unspecified atom stereocenters. The molecule has 3 rings (SSSR count). The van der Waals surface area contributed by atoms with Gasteiger partial charge < -0.3 is 5.11 Å². The minimum absolute atomic E-state index is 0.127. The summed E-state index contributed by atoms with van der Waals surface area (Å²) in [5.74, 6) is -1.77. The molecule has 2 aromatic carbocycles. The Labute approximate surface area is 137 Å². The molecule has 1 aliphatic heterocycles. The van der Waals surface area contributed by atoms with Crippen LogP contribution in [0, 0.1) is 5.82 Å². The maximum Gasteiger partial charge on any atom is 0.335 e. The van der Waals surface area contributed by atoms with Crippen molar-refractivity contribution in [3.8, 4) is 0 Å². The first-order valence-corrected chi connectivity index (χ1v) is 7.16. The van der Waals surface area contributed by atoms with Crippen molar-refractivity contribution in [1.82, 2.24) is 0 Å². The lowest BCUT2D eigenvalue weighted by molar-refractivity contribution is -0.114. The van der Waals surface area contributed by atoms with Gasteiger partial charge in [0.15, 0.2) is 0 Å². The van der Waals surface area contributed by atoms with E-state index in [4.69, 9.17) is 5.11 Å². The molecule has 0 bridgehead atoms. The van der Waals surface area contributed by atoms with Crippen molar-refractivity contribution in [1.29, 1.82) is 0 Å². The summed E-state index contributed by atoms with van der Waals surface area (Å²) in [7, 11) is 0. The van der Waals surface area contributed by atoms with Crippen LogP contribution in [0.15, 0.2) is 59.2 Å². The van der Waals surface area contributed by atoms with E-state index >= 15 is 0 Å². The number of amides is 1. The largest absolute Gasteiger partial charge is 0.478 e. The third kappa shape index (κ3) is 2.94. The lowest BCUT2D eigenvalue weighted by Gasteiger charge is -2.11. The van der Waals surface area contributed by atoms with Crippen LogP contribution in [0.3, 0.4) is 0 Å². The summed E-state index contributed by atoms with van der Waals surface area (Å²) in [6.07, 6.45) is 1.58. The molecule has 0 atom stereocenters. The van der Waals surface area contributed by atoms with E-state index in [0.717, 1.165) is 0 Å². The number of aromatic carboxylic acids is 1. The molecule has 0 fully saturated rings. The van der Waals surface area contributed by atoms with Gasteiger partial charge in [-0.1, -0.05) is 12.1 Å². The first-order valence-electron chi connectivity index (χ1n) is 7.16. The standard InChI is InChI=1S/C18H13FN2O3/c1-11-16(10-12-3-2-4-14(19)9-12)17(22)21(20-11)15-7-5-13(6-8-15)18(23)24/h2-10H,1H3,(H,23,24)/b16-10+. The Morgan fingerprint density at radius 2 is 1.92 bits per heavy atom. The van der Waals surface area contributed by atoms with Gasteiger partial charge in [-0.15, -0.1) is 0 Å². The molecule has 1 N–H and O–H groups in total. The summed E-state index contributed by atoms with van der Waals surface area (Å²) in [6.45, 7) is 1.69. The van der Waals surface area contributed by atoms with Crippen LogP contribution in [0.4, 0.5) is 10.1 Å². The van der Waals surface area contributed by atoms with Crippen molar-refractivity contribution in [3.63, 3.8) is 0 Å². The Morgan fingerprint density at radius 1 is 1.21 bits per heavy atom. The predicted molar refractivity (Wildman–Crippen MR) is 88.4 cm³/mol. The number of rotatable bonds is 3. The fourth-order valence-corrected chi connectivity index (χ4v) is 2.37. The highest BCUT2D eigenvalue weighted by atomic mass is 19.1. The van der Waals surface area contributed by atoms with E-state index in [1.54, 1.807) is 25.1 Å². The van der Waals surface area contributed by atoms with Crippen LogP contribution >= 0.6 is 0 Å². The number of hydrogen-bond donors (Lipinski definition) is 1.